The summed E-state index contributed by atoms with van der Waals surface area (Å²) in [5, 5.41) is 6.09. The van der Waals surface area contributed by atoms with Gasteiger partial charge in [-0.2, -0.15) is 4.98 Å². The highest BCUT2D eigenvalue weighted by molar-refractivity contribution is 7.98. The predicted octanol–water partition coefficient (Wildman–Crippen LogP) is 3.70. The minimum absolute atomic E-state index is 0.336. The quantitative estimate of drug-likeness (QED) is 0.405. The summed E-state index contributed by atoms with van der Waals surface area (Å²) in [6, 6.07) is 9.53. The number of aryl methyl sites for hydroxylation is 3. The third-order valence-electron chi connectivity index (χ3n) is 4.26. The van der Waals surface area contributed by atoms with Crippen LogP contribution in [0.3, 0.4) is 0 Å². The van der Waals surface area contributed by atoms with Crippen LogP contribution in [0.1, 0.15) is 29.4 Å². The van der Waals surface area contributed by atoms with Gasteiger partial charge in [-0.3, -0.25) is 0 Å². The molecule has 0 aliphatic carbocycles. The molecule has 0 unspecified atom stereocenters. The van der Waals surface area contributed by atoms with Crippen molar-refractivity contribution in [3.05, 3.63) is 63.3 Å². The number of fused-ring (bicyclic) bond motifs is 2. The van der Waals surface area contributed by atoms with Crippen molar-refractivity contribution < 1.29 is 4.42 Å². The first-order valence-electron chi connectivity index (χ1n) is 8.43. The molecule has 0 saturated carbocycles. The van der Waals surface area contributed by atoms with E-state index in [2.05, 4.69) is 28.1 Å². The molecule has 0 aliphatic rings. The van der Waals surface area contributed by atoms with E-state index in [0.29, 0.717) is 22.3 Å². The van der Waals surface area contributed by atoms with Crippen molar-refractivity contribution in [2.75, 3.05) is 0 Å². The molecule has 0 atom stereocenters. The second-order valence-corrected chi connectivity index (χ2v) is 7.15. The van der Waals surface area contributed by atoms with Crippen LogP contribution < -0.4 is 5.63 Å². The van der Waals surface area contributed by atoms with Crippen molar-refractivity contribution in [1.29, 1.82) is 0 Å². The summed E-state index contributed by atoms with van der Waals surface area (Å²) in [6.07, 6.45) is 0.898. The average Bonchev–Trinajstić information content (AvgIpc) is 3.02. The molecule has 7 heteroatoms. The van der Waals surface area contributed by atoms with E-state index in [1.807, 2.05) is 32.0 Å². The smallest absolute Gasteiger partial charge is 0.336 e. The summed E-state index contributed by atoms with van der Waals surface area (Å²) in [5.74, 6) is 1.18. The van der Waals surface area contributed by atoms with Crippen LogP contribution in [0, 0.1) is 13.8 Å². The van der Waals surface area contributed by atoms with E-state index in [9.17, 15) is 4.79 Å². The predicted molar refractivity (Wildman–Crippen MR) is 102 cm³/mol. The van der Waals surface area contributed by atoms with E-state index in [1.165, 1.54) is 11.8 Å². The first-order chi connectivity index (χ1) is 12.5. The van der Waals surface area contributed by atoms with Gasteiger partial charge in [-0.15, -0.1) is 5.10 Å². The maximum Gasteiger partial charge on any atom is 0.336 e. The zero-order valence-electron chi connectivity index (χ0n) is 14.8. The Morgan fingerprint density at radius 3 is 2.81 bits per heavy atom. The molecule has 0 radical (unpaired) electrons. The van der Waals surface area contributed by atoms with Gasteiger partial charge in [0.2, 0.25) is 5.16 Å². The van der Waals surface area contributed by atoms with Gasteiger partial charge < -0.3 is 4.42 Å². The molecule has 0 saturated heterocycles. The van der Waals surface area contributed by atoms with Gasteiger partial charge in [0.15, 0.2) is 0 Å². The number of aromatic nitrogens is 4. The molecule has 0 N–H and O–H groups in total. The van der Waals surface area contributed by atoms with Gasteiger partial charge in [-0.1, -0.05) is 30.8 Å². The topological polar surface area (TPSA) is 73.3 Å². The molecular weight excluding hydrogens is 348 g/mol. The standard InChI is InChI=1S/C19H18N4O2S/c1-4-13-5-6-15-14(9-17(24)25-16(15)8-13)10-26-19-21-18-20-11(2)7-12(3)23(18)22-19/h5-9H,4,10H2,1-3H3. The molecule has 4 aromatic rings. The number of nitrogens with zero attached hydrogens (tertiary/aromatic N) is 4. The molecule has 0 aliphatic heterocycles. The second-order valence-electron chi connectivity index (χ2n) is 6.21. The Bertz CT molecular complexity index is 1180. The van der Waals surface area contributed by atoms with E-state index in [1.54, 1.807) is 10.6 Å². The monoisotopic (exact) mass is 366 g/mol. The zero-order chi connectivity index (χ0) is 18.3. The van der Waals surface area contributed by atoms with Crippen LogP contribution in [-0.4, -0.2) is 19.6 Å². The Kier molecular flexibility index (Phi) is 4.24. The second kappa shape index (κ2) is 6.57. The first-order valence-corrected chi connectivity index (χ1v) is 9.41. The van der Waals surface area contributed by atoms with Gasteiger partial charge in [0.1, 0.15) is 5.58 Å². The van der Waals surface area contributed by atoms with E-state index < -0.39 is 0 Å². The van der Waals surface area contributed by atoms with Crippen LogP contribution in [0.2, 0.25) is 0 Å². The van der Waals surface area contributed by atoms with Gasteiger partial charge in [-0.05, 0) is 43.5 Å². The summed E-state index contributed by atoms with van der Waals surface area (Å²) < 4.78 is 7.10. The fraction of sp³-hybridized carbons (Fsp3) is 0.263. The van der Waals surface area contributed by atoms with Crippen LogP contribution in [0.5, 0.6) is 0 Å². The number of thioether (sulfide) groups is 1. The van der Waals surface area contributed by atoms with Crippen LogP contribution in [0.15, 0.2) is 44.7 Å². The molecule has 3 aromatic heterocycles. The molecule has 4 rings (SSSR count). The molecule has 0 bridgehead atoms. The molecule has 6 nitrogen and oxygen atoms in total. The summed E-state index contributed by atoms with van der Waals surface area (Å²) in [4.78, 5) is 20.8. The van der Waals surface area contributed by atoms with Crippen molar-refractivity contribution in [2.24, 2.45) is 0 Å². The fourth-order valence-electron chi connectivity index (χ4n) is 2.97. The van der Waals surface area contributed by atoms with E-state index in [-0.39, 0.29) is 5.63 Å². The Morgan fingerprint density at radius 1 is 1.15 bits per heavy atom. The lowest BCUT2D eigenvalue weighted by molar-refractivity contribution is 0.559. The van der Waals surface area contributed by atoms with Crippen molar-refractivity contribution in [1.82, 2.24) is 19.6 Å². The summed E-state index contributed by atoms with van der Waals surface area (Å²) >= 11 is 1.48. The molecule has 1 aromatic carbocycles. The van der Waals surface area contributed by atoms with Crippen LogP contribution in [0.4, 0.5) is 0 Å². The minimum Gasteiger partial charge on any atom is -0.423 e. The minimum atomic E-state index is -0.336. The first kappa shape index (κ1) is 16.8. The molecule has 26 heavy (non-hydrogen) atoms. The van der Waals surface area contributed by atoms with Gasteiger partial charge in [0.05, 0.1) is 0 Å². The van der Waals surface area contributed by atoms with Gasteiger partial charge in [0, 0.05) is 28.6 Å². The van der Waals surface area contributed by atoms with Crippen LogP contribution in [0.25, 0.3) is 16.7 Å². The Morgan fingerprint density at radius 2 is 2.00 bits per heavy atom. The molecule has 3 heterocycles. The number of benzene rings is 1. The third-order valence-corrected chi connectivity index (χ3v) is 5.14. The third kappa shape index (κ3) is 3.10. The van der Waals surface area contributed by atoms with Gasteiger partial charge >= 0.3 is 5.63 Å². The maximum atomic E-state index is 11.9. The summed E-state index contributed by atoms with van der Waals surface area (Å²) in [7, 11) is 0. The Labute approximate surface area is 154 Å². The van der Waals surface area contributed by atoms with E-state index >= 15 is 0 Å². The number of hydrogen-bond donors (Lipinski definition) is 0. The lowest BCUT2D eigenvalue weighted by atomic mass is 10.1. The van der Waals surface area contributed by atoms with E-state index in [4.69, 9.17) is 4.42 Å². The Hall–Kier alpha value is -2.67. The lowest BCUT2D eigenvalue weighted by Gasteiger charge is -2.05. The van der Waals surface area contributed by atoms with Gasteiger partial charge in [0.25, 0.3) is 5.78 Å². The highest BCUT2D eigenvalue weighted by atomic mass is 32.2. The van der Waals surface area contributed by atoms with Crippen molar-refractivity contribution >= 4 is 28.5 Å². The van der Waals surface area contributed by atoms with E-state index in [0.717, 1.165) is 34.3 Å². The SMILES string of the molecule is CCc1ccc2c(CSc3nc4nc(C)cc(C)n4n3)cc(=O)oc2c1. The van der Waals surface area contributed by atoms with Crippen LogP contribution in [-0.2, 0) is 12.2 Å². The lowest BCUT2D eigenvalue weighted by Crippen LogP contribution is -2.00. The molecular formula is C19H18N4O2S. The number of rotatable bonds is 4. The van der Waals surface area contributed by atoms with Crippen molar-refractivity contribution in [2.45, 2.75) is 38.1 Å². The zero-order valence-corrected chi connectivity index (χ0v) is 15.6. The Balaban J connectivity index is 1.67. The average molecular weight is 366 g/mol. The molecule has 0 amide bonds. The largest absolute Gasteiger partial charge is 0.423 e. The van der Waals surface area contributed by atoms with Crippen LogP contribution >= 0.6 is 11.8 Å². The molecule has 0 fully saturated rings. The highest BCUT2D eigenvalue weighted by Crippen LogP contribution is 2.26. The summed E-state index contributed by atoms with van der Waals surface area (Å²) in [5.41, 5.74) is 4.26. The van der Waals surface area contributed by atoms with Gasteiger partial charge in [-0.25, -0.2) is 14.3 Å². The molecule has 132 valence electrons. The van der Waals surface area contributed by atoms with Crippen molar-refractivity contribution in [3.8, 4) is 0 Å². The highest BCUT2D eigenvalue weighted by Gasteiger charge is 2.11. The summed E-state index contributed by atoms with van der Waals surface area (Å²) in [6.45, 7) is 5.99. The normalized spacial score (nSPS) is 11.5. The molecule has 0 spiro atoms. The fourth-order valence-corrected chi connectivity index (χ4v) is 3.77. The van der Waals surface area contributed by atoms with Crippen molar-refractivity contribution in [3.63, 3.8) is 0 Å². The maximum absolute atomic E-state index is 11.9. The number of hydrogen-bond acceptors (Lipinski definition) is 6.